The summed E-state index contributed by atoms with van der Waals surface area (Å²) in [5.74, 6) is 2.14. The minimum atomic E-state index is -0.305. The highest BCUT2D eigenvalue weighted by atomic mass is 32.2. The topological polar surface area (TPSA) is 94.6 Å². The minimum absolute atomic E-state index is 0.0717. The maximum atomic E-state index is 12.5. The van der Waals surface area contributed by atoms with Crippen molar-refractivity contribution in [1.29, 1.82) is 0 Å². The zero-order chi connectivity index (χ0) is 20.9. The summed E-state index contributed by atoms with van der Waals surface area (Å²) in [6, 6.07) is 13.2. The number of hydrogen-bond acceptors (Lipinski definition) is 9. The van der Waals surface area contributed by atoms with E-state index in [0.717, 1.165) is 27.1 Å². The van der Waals surface area contributed by atoms with Crippen LogP contribution in [0.5, 0.6) is 17.2 Å². The fraction of sp³-hybridized carbons (Fsp3) is 0.250. The van der Waals surface area contributed by atoms with E-state index in [0.29, 0.717) is 17.4 Å². The molecule has 2 N–H and O–H groups in total. The molecule has 30 heavy (non-hydrogen) atoms. The van der Waals surface area contributed by atoms with Crippen LogP contribution in [0.25, 0.3) is 0 Å². The SMILES string of the molecule is COc1ccc(Nc2nnc(SC(C)C(=O)NCc3ccc4c(c3)OCO4)s2)cc1. The van der Waals surface area contributed by atoms with Gasteiger partial charge in [0.1, 0.15) is 5.75 Å². The van der Waals surface area contributed by atoms with Crippen LogP contribution < -0.4 is 24.8 Å². The molecule has 1 unspecified atom stereocenters. The molecule has 1 aromatic heterocycles. The summed E-state index contributed by atoms with van der Waals surface area (Å²) in [5.41, 5.74) is 1.84. The number of hydrogen-bond donors (Lipinski definition) is 2. The molecule has 1 atom stereocenters. The normalized spacial score (nSPS) is 13.0. The number of methoxy groups -OCH3 is 1. The number of carbonyl (C=O) groups is 1. The Morgan fingerprint density at radius 1 is 1.20 bits per heavy atom. The molecule has 2 aromatic carbocycles. The standard InChI is InChI=1S/C20H20N4O4S2/c1-12(18(25)21-10-13-3-8-16-17(9-13)28-11-27-16)29-20-24-23-19(30-20)22-14-4-6-15(26-2)7-5-14/h3-9,12H,10-11H2,1-2H3,(H,21,25)(H,22,23). The van der Waals surface area contributed by atoms with Gasteiger partial charge in [0.25, 0.3) is 0 Å². The van der Waals surface area contributed by atoms with Gasteiger partial charge >= 0.3 is 0 Å². The van der Waals surface area contributed by atoms with Crippen LogP contribution in [0.2, 0.25) is 0 Å². The van der Waals surface area contributed by atoms with Gasteiger partial charge in [-0.05, 0) is 48.9 Å². The van der Waals surface area contributed by atoms with Crippen molar-refractivity contribution in [2.45, 2.75) is 23.1 Å². The number of aromatic nitrogens is 2. The third kappa shape index (κ3) is 4.95. The Hall–Kier alpha value is -2.98. The number of amides is 1. The Labute approximate surface area is 182 Å². The maximum absolute atomic E-state index is 12.5. The summed E-state index contributed by atoms with van der Waals surface area (Å²) in [6.45, 7) is 2.49. The van der Waals surface area contributed by atoms with Gasteiger partial charge in [0.15, 0.2) is 15.8 Å². The summed E-state index contributed by atoms with van der Waals surface area (Å²) in [6.07, 6.45) is 0. The fourth-order valence-corrected chi connectivity index (χ4v) is 4.63. The number of rotatable bonds is 8. The fourth-order valence-electron chi connectivity index (χ4n) is 2.69. The number of benzene rings is 2. The second kappa shape index (κ2) is 9.23. The van der Waals surface area contributed by atoms with Crippen LogP contribution in [-0.4, -0.2) is 35.3 Å². The lowest BCUT2D eigenvalue weighted by molar-refractivity contribution is -0.120. The average molecular weight is 445 g/mol. The van der Waals surface area contributed by atoms with E-state index in [9.17, 15) is 4.79 Å². The first-order valence-electron chi connectivity index (χ1n) is 9.18. The Morgan fingerprint density at radius 2 is 2.00 bits per heavy atom. The van der Waals surface area contributed by atoms with Gasteiger partial charge in [0, 0.05) is 12.2 Å². The van der Waals surface area contributed by atoms with E-state index in [4.69, 9.17) is 14.2 Å². The van der Waals surface area contributed by atoms with E-state index in [1.807, 2.05) is 49.4 Å². The quantitative estimate of drug-likeness (QED) is 0.507. The van der Waals surface area contributed by atoms with Gasteiger partial charge in [-0.25, -0.2) is 0 Å². The smallest absolute Gasteiger partial charge is 0.233 e. The van der Waals surface area contributed by atoms with Crippen molar-refractivity contribution < 1.29 is 19.0 Å². The van der Waals surface area contributed by atoms with E-state index >= 15 is 0 Å². The third-order valence-corrected chi connectivity index (χ3v) is 6.32. The van der Waals surface area contributed by atoms with Crippen LogP contribution in [-0.2, 0) is 11.3 Å². The molecule has 1 aliphatic rings. The van der Waals surface area contributed by atoms with Crippen molar-refractivity contribution in [2.24, 2.45) is 0 Å². The van der Waals surface area contributed by atoms with Crippen molar-refractivity contribution in [3.63, 3.8) is 0 Å². The summed E-state index contributed by atoms with van der Waals surface area (Å²) < 4.78 is 16.5. The van der Waals surface area contributed by atoms with Crippen LogP contribution >= 0.6 is 23.1 Å². The van der Waals surface area contributed by atoms with Crippen molar-refractivity contribution >= 4 is 39.8 Å². The van der Waals surface area contributed by atoms with Gasteiger partial charge in [-0.3, -0.25) is 4.79 Å². The highest BCUT2D eigenvalue weighted by molar-refractivity contribution is 8.02. The van der Waals surface area contributed by atoms with Gasteiger partial charge in [-0.15, -0.1) is 10.2 Å². The molecule has 0 aliphatic carbocycles. The number of thioether (sulfide) groups is 1. The molecule has 0 radical (unpaired) electrons. The monoisotopic (exact) mass is 444 g/mol. The van der Waals surface area contributed by atoms with Crippen molar-refractivity contribution in [3.8, 4) is 17.2 Å². The van der Waals surface area contributed by atoms with Gasteiger partial charge in [-0.2, -0.15) is 0 Å². The predicted molar refractivity (Wildman–Crippen MR) is 116 cm³/mol. The van der Waals surface area contributed by atoms with Gasteiger partial charge in [0.2, 0.25) is 17.8 Å². The molecule has 1 aliphatic heterocycles. The molecule has 0 spiro atoms. The summed E-state index contributed by atoms with van der Waals surface area (Å²) >= 11 is 2.77. The van der Waals surface area contributed by atoms with Gasteiger partial charge in [-0.1, -0.05) is 29.2 Å². The first kappa shape index (κ1) is 20.3. The highest BCUT2D eigenvalue weighted by Gasteiger charge is 2.18. The molecular weight excluding hydrogens is 424 g/mol. The molecule has 1 amide bonds. The van der Waals surface area contributed by atoms with Crippen LogP contribution in [0.4, 0.5) is 10.8 Å². The van der Waals surface area contributed by atoms with Crippen molar-refractivity contribution in [2.75, 3.05) is 19.2 Å². The first-order valence-corrected chi connectivity index (χ1v) is 10.9. The molecular formula is C20H20N4O4S2. The Kier molecular flexibility index (Phi) is 6.24. The number of nitrogens with one attached hydrogen (secondary N) is 2. The van der Waals surface area contributed by atoms with Crippen LogP contribution in [0.15, 0.2) is 46.8 Å². The molecule has 2 heterocycles. The average Bonchev–Trinajstić information content (AvgIpc) is 3.41. The Balaban J connectivity index is 1.28. The Bertz CT molecular complexity index is 1030. The van der Waals surface area contributed by atoms with Crippen molar-refractivity contribution in [3.05, 3.63) is 48.0 Å². The van der Waals surface area contributed by atoms with E-state index in [1.54, 1.807) is 7.11 Å². The van der Waals surface area contributed by atoms with Gasteiger partial charge in [0.05, 0.1) is 12.4 Å². The number of fused-ring (bicyclic) bond motifs is 1. The predicted octanol–water partition coefficient (Wildman–Crippen LogP) is 3.82. The van der Waals surface area contributed by atoms with E-state index in [1.165, 1.54) is 23.1 Å². The molecule has 4 rings (SSSR count). The second-order valence-corrected chi connectivity index (χ2v) is 8.96. The Morgan fingerprint density at radius 3 is 2.80 bits per heavy atom. The summed E-state index contributed by atoms with van der Waals surface area (Å²) in [5, 5.41) is 14.8. The second-order valence-electron chi connectivity index (χ2n) is 6.39. The molecule has 0 saturated heterocycles. The van der Waals surface area contributed by atoms with Gasteiger partial charge < -0.3 is 24.8 Å². The summed E-state index contributed by atoms with van der Waals surface area (Å²) in [7, 11) is 1.63. The van der Waals surface area contributed by atoms with Crippen LogP contribution in [0.3, 0.4) is 0 Å². The zero-order valence-electron chi connectivity index (χ0n) is 16.4. The molecule has 8 nitrogen and oxygen atoms in total. The molecule has 156 valence electrons. The van der Waals surface area contributed by atoms with E-state index < -0.39 is 0 Å². The van der Waals surface area contributed by atoms with E-state index in [2.05, 4.69) is 20.8 Å². The molecule has 10 heteroatoms. The summed E-state index contributed by atoms with van der Waals surface area (Å²) in [4.78, 5) is 12.5. The number of carbonyl (C=O) groups excluding carboxylic acids is 1. The maximum Gasteiger partial charge on any atom is 0.233 e. The molecule has 3 aromatic rings. The largest absolute Gasteiger partial charge is 0.497 e. The molecule has 0 saturated carbocycles. The number of ether oxygens (including phenoxy) is 3. The number of nitrogens with zero attached hydrogens (tertiary/aromatic N) is 2. The van der Waals surface area contributed by atoms with Crippen LogP contribution in [0, 0.1) is 0 Å². The van der Waals surface area contributed by atoms with Crippen molar-refractivity contribution in [1.82, 2.24) is 15.5 Å². The lowest BCUT2D eigenvalue weighted by atomic mass is 10.2. The lowest BCUT2D eigenvalue weighted by Gasteiger charge is -2.10. The zero-order valence-corrected chi connectivity index (χ0v) is 18.0. The number of anilines is 2. The van der Waals surface area contributed by atoms with E-state index in [-0.39, 0.29) is 18.0 Å². The molecule has 0 fully saturated rings. The lowest BCUT2D eigenvalue weighted by Crippen LogP contribution is -2.30. The third-order valence-electron chi connectivity index (χ3n) is 4.30. The van der Waals surface area contributed by atoms with Crippen LogP contribution in [0.1, 0.15) is 12.5 Å². The first-order chi connectivity index (χ1) is 14.6. The highest BCUT2D eigenvalue weighted by Crippen LogP contribution is 2.33. The molecule has 0 bridgehead atoms. The minimum Gasteiger partial charge on any atom is -0.497 e.